The van der Waals surface area contributed by atoms with Gasteiger partial charge in [-0.05, 0) is 26.1 Å². The van der Waals surface area contributed by atoms with Crippen LogP contribution in [0.2, 0.25) is 0 Å². The van der Waals surface area contributed by atoms with Gasteiger partial charge in [-0.2, -0.15) is 0 Å². The minimum absolute atomic E-state index is 0.0878. The summed E-state index contributed by atoms with van der Waals surface area (Å²) >= 11 is 1.59. The number of hydrogen-bond acceptors (Lipinski definition) is 5. The van der Waals surface area contributed by atoms with E-state index >= 15 is 0 Å². The maximum atomic E-state index is 9.35. The summed E-state index contributed by atoms with van der Waals surface area (Å²) in [5, 5.41) is 13.3. The summed E-state index contributed by atoms with van der Waals surface area (Å²) in [4.78, 5) is 7.76. The summed E-state index contributed by atoms with van der Waals surface area (Å²) in [5.41, 5.74) is 1.57. The number of aliphatic hydroxyl groups is 1. The normalized spacial score (nSPS) is 14.5. The number of likely N-dealkylation sites (N-methyl/N-ethyl adjacent to an activating group) is 1. The van der Waals surface area contributed by atoms with Crippen molar-refractivity contribution < 1.29 is 9.84 Å². The molecule has 0 radical (unpaired) electrons. The molecule has 3 N–H and O–H groups in total. The number of benzene rings is 1. The second-order valence-corrected chi connectivity index (χ2v) is 5.65. The van der Waals surface area contributed by atoms with Crippen molar-refractivity contribution in [2.75, 3.05) is 26.5 Å². The molecule has 0 amide bonds. The summed E-state index contributed by atoms with van der Waals surface area (Å²) in [7, 11) is 3.49. The van der Waals surface area contributed by atoms with Gasteiger partial charge in [0, 0.05) is 17.4 Å². The molecule has 2 aromatic rings. The van der Waals surface area contributed by atoms with Crippen molar-refractivity contribution in [3.8, 4) is 5.75 Å². The van der Waals surface area contributed by atoms with Crippen LogP contribution in [-0.4, -0.2) is 47.1 Å². The Labute approximate surface area is 116 Å². The van der Waals surface area contributed by atoms with E-state index in [1.165, 1.54) is 0 Å². The SMILES string of the molecule is CNC(C)(CO)CSc1nc2ccc(OC)cc2[nH]1. The Morgan fingerprint density at radius 3 is 2.95 bits per heavy atom. The molecule has 1 unspecified atom stereocenters. The van der Waals surface area contributed by atoms with Crippen molar-refractivity contribution in [3.63, 3.8) is 0 Å². The quantitative estimate of drug-likeness (QED) is 0.702. The van der Waals surface area contributed by atoms with Crippen LogP contribution in [0, 0.1) is 0 Å². The molecule has 0 aliphatic heterocycles. The molecule has 0 fully saturated rings. The van der Waals surface area contributed by atoms with Crippen LogP contribution >= 0.6 is 11.8 Å². The van der Waals surface area contributed by atoms with E-state index in [1.54, 1.807) is 18.9 Å². The third kappa shape index (κ3) is 3.20. The molecule has 1 aromatic carbocycles. The number of aromatic amines is 1. The van der Waals surface area contributed by atoms with Crippen LogP contribution < -0.4 is 10.1 Å². The highest BCUT2D eigenvalue weighted by Gasteiger charge is 2.21. The van der Waals surface area contributed by atoms with Crippen LogP contribution in [0.5, 0.6) is 5.75 Å². The Morgan fingerprint density at radius 2 is 2.32 bits per heavy atom. The Morgan fingerprint density at radius 1 is 1.53 bits per heavy atom. The fourth-order valence-electron chi connectivity index (χ4n) is 1.59. The number of imidazole rings is 1. The molecular weight excluding hydrogens is 262 g/mol. The van der Waals surface area contributed by atoms with E-state index in [9.17, 15) is 5.11 Å². The summed E-state index contributed by atoms with van der Waals surface area (Å²) < 4.78 is 5.18. The number of methoxy groups -OCH3 is 1. The zero-order valence-electron chi connectivity index (χ0n) is 11.4. The monoisotopic (exact) mass is 281 g/mol. The van der Waals surface area contributed by atoms with Crippen LogP contribution in [0.25, 0.3) is 11.0 Å². The number of aliphatic hydroxyl groups excluding tert-OH is 1. The molecule has 1 atom stereocenters. The predicted octanol–water partition coefficient (Wildman–Crippen LogP) is 1.63. The zero-order chi connectivity index (χ0) is 13.9. The molecule has 104 valence electrons. The summed E-state index contributed by atoms with van der Waals surface area (Å²) in [5.74, 6) is 1.54. The van der Waals surface area contributed by atoms with Crippen LogP contribution in [0.4, 0.5) is 0 Å². The highest BCUT2D eigenvalue weighted by molar-refractivity contribution is 7.99. The van der Waals surface area contributed by atoms with E-state index < -0.39 is 0 Å². The van der Waals surface area contributed by atoms with Crippen LogP contribution in [0.3, 0.4) is 0 Å². The second-order valence-electron chi connectivity index (χ2n) is 4.68. The average molecular weight is 281 g/mol. The van der Waals surface area contributed by atoms with Crippen LogP contribution in [0.1, 0.15) is 6.92 Å². The standard InChI is InChI=1S/C13H19N3O2S/c1-13(7-17,14-2)8-19-12-15-10-5-4-9(18-3)6-11(10)16-12/h4-6,14,17H,7-8H2,1-3H3,(H,15,16). The summed E-state index contributed by atoms with van der Waals surface area (Å²) in [6.07, 6.45) is 0. The van der Waals surface area contributed by atoms with Gasteiger partial charge in [-0.3, -0.25) is 0 Å². The van der Waals surface area contributed by atoms with Crippen molar-refractivity contribution in [1.82, 2.24) is 15.3 Å². The Hall–Kier alpha value is -1.24. The van der Waals surface area contributed by atoms with Gasteiger partial charge < -0.3 is 20.1 Å². The van der Waals surface area contributed by atoms with Gasteiger partial charge in [-0.25, -0.2) is 4.98 Å². The van der Waals surface area contributed by atoms with Crippen molar-refractivity contribution in [2.45, 2.75) is 17.6 Å². The molecule has 0 aliphatic rings. The van der Waals surface area contributed by atoms with E-state index in [4.69, 9.17) is 4.74 Å². The average Bonchev–Trinajstić information content (AvgIpc) is 2.86. The van der Waals surface area contributed by atoms with Crippen molar-refractivity contribution in [1.29, 1.82) is 0 Å². The smallest absolute Gasteiger partial charge is 0.166 e. The van der Waals surface area contributed by atoms with Gasteiger partial charge in [0.1, 0.15) is 5.75 Å². The Kier molecular flexibility index (Phi) is 4.34. The number of H-pyrrole nitrogens is 1. The lowest BCUT2D eigenvalue weighted by Crippen LogP contribution is -2.45. The number of nitrogens with one attached hydrogen (secondary N) is 2. The third-order valence-electron chi connectivity index (χ3n) is 3.15. The molecule has 1 heterocycles. The van der Waals surface area contributed by atoms with E-state index in [1.807, 2.05) is 32.2 Å². The first-order valence-corrected chi connectivity index (χ1v) is 7.05. The Balaban J connectivity index is 2.13. The lowest BCUT2D eigenvalue weighted by atomic mass is 10.1. The van der Waals surface area contributed by atoms with Gasteiger partial charge >= 0.3 is 0 Å². The number of ether oxygens (including phenoxy) is 1. The molecule has 0 spiro atoms. The summed E-state index contributed by atoms with van der Waals surface area (Å²) in [6.45, 7) is 2.07. The van der Waals surface area contributed by atoms with Gasteiger partial charge in [0.05, 0.1) is 24.8 Å². The first kappa shape index (κ1) is 14.2. The fourth-order valence-corrected chi connectivity index (χ4v) is 2.62. The lowest BCUT2D eigenvalue weighted by molar-refractivity contribution is 0.200. The predicted molar refractivity (Wildman–Crippen MR) is 77.9 cm³/mol. The molecule has 19 heavy (non-hydrogen) atoms. The minimum Gasteiger partial charge on any atom is -0.497 e. The molecule has 6 heteroatoms. The van der Waals surface area contributed by atoms with Gasteiger partial charge in [0.15, 0.2) is 5.16 Å². The van der Waals surface area contributed by atoms with Crippen LogP contribution in [0.15, 0.2) is 23.4 Å². The second kappa shape index (κ2) is 5.81. The molecule has 0 bridgehead atoms. The number of nitrogens with zero attached hydrogens (tertiary/aromatic N) is 1. The van der Waals surface area contributed by atoms with Crippen molar-refractivity contribution in [2.24, 2.45) is 0 Å². The highest BCUT2D eigenvalue weighted by atomic mass is 32.2. The molecule has 0 saturated carbocycles. The minimum atomic E-state index is -0.304. The van der Waals surface area contributed by atoms with E-state index in [-0.39, 0.29) is 12.1 Å². The number of aromatic nitrogens is 2. The Bertz CT molecular complexity index is 552. The molecule has 5 nitrogen and oxygen atoms in total. The van der Waals surface area contributed by atoms with Gasteiger partial charge in [-0.1, -0.05) is 11.8 Å². The maximum Gasteiger partial charge on any atom is 0.166 e. The molecule has 0 saturated heterocycles. The first-order chi connectivity index (χ1) is 9.10. The molecular formula is C13H19N3O2S. The number of hydrogen-bond donors (Lipinski definition) is 3. The van der Waals surface area contributed by atoms with Gasteiger partial charge in [0.2, 0.25) is 0 Å². The highest BCUT2D eigenvalue weighted by Crippen LogP contribution is 2.25. The van der Waals surface area contributed by atoms with Crippen molar-refractivity contribution >= 4 is 22.8 Å². The van der Waals surface area contributed by atoms with Crippen LogP contribution in [-0.2, 0) is 0 Å². The van der Waals surface area contributed by atoms with E-state index in [0.29, 0.717) is 0 Å². The van der Waals surface area contributed by atoms with E-state index in [2.05, 4.69) is 15.3 Å². The zero-order valence-corrected chi connectivity index (χ0v) is 12.2. The fraction of sp³-hybridized carbons (Fsp3) is 0.462. The number of fused-ring (bicyclic) bond motifs is 1. The first-order valence-electron chi connectivity index (χ1n) is 6.06. The van der Waals surface area contributed by atoms with Gasteiger partial charge in [-0.15, -0.1) is 0 Å². The molecule has 2 rings (SSSR count). The third-order valence-corrected chi connectivity index (χ3v) is 4.40. The molecule has 0 aliphatic carbocycles. The van der Waals surface area contributed by atoms with Crippen molar-refractivity contribution in [3.05, 3.63) is 18.2 Å². The van der Waals surface area contributed by atoms with Gasteiger partial charge in [0.25, 0.3) is 0 Å². The lowest BCUT2D eigenvalue weighted by Gasteiger charge is -2.25. The number of rotatable bonds is 6. The van der Waals surface area contributed by atoms with E-state index in [0.717, 1.165) is 27.7 Å². The molecule has 1 aromatic heterocycles. The topological polar surface area (TPSA) is 70.2 Å². The maximum absolute atomic E-state index is 9.35. The largest absolute Gasteiger partial charge is 0.497 e. The number of thioether (sulfide) groups is 1. The summed E-state index contributed by atoms with van der Waals surface area (Å²) in [6, 6.07) is 5.75.